The molecule has 1 amide bonds. The minimum Gasteiger partial charge on any atom is -0.321 e. The summed E-state index contributed by atoms with van der Waals surface area (Å²) in [6, 6.07) is 4.11. The number of nitrogens with zero attached hydrogens (tertiary/aromatic N) is 1. The van der Waals surface area contributed by atoms with E-state index in [1.807, 2.05) is 0 Å². The Morgan fingerprint density at radius 1 is 1.16 bits per heavy atom. The predicted molar refractivity (Wildman–Crippen MR) is 63.5 cm³/mol. The van der Waals surface area contributed by atoms with Crippen LogP contribution in [-0.2, 0) is 0 Å². The Kier molecular flexibility index (Phi) is 3.71. The molecule has 98 valence electrons. The topological polar surface area (TPSA) is 42.0 Å². The van der Waals surface area contributed by atoms with Crippen LogP contribution in [0.3, 0.4) is 0 Å². The van der Waals surface area contributed by atoms with Crippen LogP contribution in [0.15, 0.2) is 30.5 Å². The average Bonchev–Trinajstić information content (AvgIpc) is 2.38. The Bertz CT molecular complexity index is 608. The number of nitrogens with one attached hydrogen (secondary N) is 1. The second kappa shape index (κ2) is 5.27. The molecule has 0 spiro atoms. The second-order valence-corrected chi connectivity index (χ2v) is 3.96. The number of pyridine rings is 1. The summed E-state index contributed by atoms with van der Waals surface area (Å²) < 4.78 is 38.7. The molecule has 0 saturated carbocycles. The molecule has 0 saturated heterocycles. The van der Waals surface area contributed by atoms with Crippen molar-refractivity contribution in [2.45, 2.75) is 0 Å². The monoisotopic (exact) mass is 286 g/mol. The van der Waals surface area contributed by atoms with Gasteiger partial charge in [-0.3, -0.25) is 4.79 Å². The first-order chi connectivity index (χ1) is 8.97. The summed E-state index contributed by atoms with van der Waals surface area (Å²) in [4.78, 5) is 15.4. The average molecular weight is 287 g/mol. The number of hydrogen-bond donors (Lipinski definition) is 1. The lowest BCUT2D eigenvalue weighted by atomic mass is 10.2. The van der Waals surface area contributed by atoms with Gasteiger partial charge in [-0.05, 0) is 24.3 Å². The van der Waals surface area contributed by atoms with Gasteiger partial charge in [-0.25, -0.2) is 18.2 Å². The molecule has 19 heavy (non-hydrogen) atoms. The number of rotatable bonds is 2. The first-order valence-corrected chi connectivity index (χ1v) is 5.42. The Morgan fingerprint density at radius 3 is 2.32 bits per heavy atom. The molecule has 1 heterocycles. The van der Waals surface area contributed by atoms with Crippen molar-refractivity contribution in [2.75, 3.05) is 5.32 Å². The Labute approximate surface area is 111 Å². The van der Waals surface area contributed by atoms with Gasteiger partial charge in [-0.2, -0.15) is 0 Å². The molecule has 1 N–H and O–H groups in total. The minimum absolute atomic E-state index is 0.233. The van der Waals surface area contributed by atoms with Gasteiger partial charge in [-0.15, -0.1) is 0 Å². The van der Waals surface area contributed by atoms with Gasteiger partial charge in [0.1, 0.15) is 5.15 Å². The fourth-order valence-electron chi connectivity index (χ4n) is 1.34. The lowest BCUT2D eigenvalue weighted by Crippen LogP contribution is -2.13. The number of halogens is 4. The summed E-state index contributed by atoms with van der Waals surface area (Å²) in [7, 11) is 0. The van der Waals surface area contributed by atoms with Gasteiger partial charge < -0.3 is 5.32 Å². The highest BCUT2D eigenvalue weighted by Crippen LogP contribution is 2.16. The van der Waals surface area contributed by atoms with E-state index >= 15 is 0 Å². The summed E-state index contributed by atoms with van der Waals surface area (Å²) in [5.41, 5.74) is -0.0501. The third-order valence-corrected chi connectivity index (χ3v) is 2.45. The van der Waals surface area contributed by atoms with Crippen LogP contribution in [0.5, 0.6) is 0 Å². The van der Waals surface area contributed by atoms with Crippen molar-refractivity contribution in [3.05, 3.63) is 58.6 Å². The number of benzene rings is 1. The summed E-state index contributed by atoms with van der Waals surface area (Å²) in [5, 5.41) is 2.58. The molecule has 7 heteroatoms. The molecular weight excluding hydrogens is 281 g/mol. The lowest BCUT2D eigenvalue weighted by Gasteiger charge is -2.05. The number of aromatic nitrogens is 1. The van der Waals surface area contributed by atoms with Crippen molar-refractivity contribution in [2.24, 2.45) is 0 Å². The number of hydrogen-bond acceptors (Lipinski definition) is 2. The predicted octanol–water partition coefficient (Wildman–Crippen LogP) is 3.40. The van der Waals surface area contributed by atoms with E-state index in [0.29, 0.717) is 17.8 Å². The highest BCUT2D eigenvalue weighted by atomic mass is 35.5. The van der Waals surface area contributed by atoms with Crippen molar-refractivity contribution >= 4 is 23.2 Å². The van der Waals surface area contributed by atoms with Crippen molar-refractivity contribution in [3.63, 3.8) is 0 Å². The molecule has 1 aromatic carbocycles. The molecule has 0 bridgehead atoms. The number of carbonyl (C=O) groups is 1. The van der Waals surface area contributed by atoms with Crippen molar-refractivity contribution in [1.29, 1.82) is 0 Å². The zero-order chi connectivity index (χ0) is 14.0. The maximum Gasteiger partial charge on any atom is 0.255 e. The van der Waals surface area contributed by atoms with E-state index in [4.69, 9.17) is 11.6 Å². The van der Waals surface area contributed by atoms with Crippen LogP contribution in [-0.4, -0.2) is 10.9 Å². The summed E-state index contributed by atoms with van der Waals surface area (Å²) in [5.74, 6) is -5.27. The van der Waals surface area contributed by atoms with Gasteiger partial charge in [0.15, 0.2) is 17.5 Å². The maximum absolute atomic E-state index is 13.0. The Hall–Kier alpha value is -2.08. The zero-order valence-electron chi connectivity index (χ0n) is 9.25. The van der Waals surface area contributed by atoms with Crippen LogP contribution in [0.4, 0.5) is 18.9 Å². The highest BCUT2D eigenvalue weighted by Gasteiger charge is 2.15. The van der Waals surface area contributed by atoms with E-state index in [1.165, 1.54) is 18.3 Å². The third-order valence-electron chi connectivity index (χ3n) is 2.23. The Morgan fingerprint density at radius 2 is 1.79 bits per heavy atom. The van der Waals surface area contributed by atoms with Crippen molar-refractivity contribution < 1.29 is 18.0 Å². The molecule has 3 nitrogen and oxygen atoms in total. The largest absolute Gasteiger partial charge is 0.321 e. The third kappa shape index (κ3) is 3.03. The molecule has 0 fully saturated rings. The minimum atomic E-state index is -1.62. The maximum atomic E-state index is 13.0. The molecule has 1 aromatic heterocycles. The van der Waals surface area contributed by atoms with Gasteiger partial charge >= 0.3 is 0 Å². The summed E-state index contributed by atoms with van der Waals surface area (Å²) >= 11 is 5.56. The molecule has 0 aliphatic rings. The zero-order valence-corrected chi connectivity index (χ0v) is 10.0. The smallest absolute Gasteiger partial charge is 0.255 e. The molecule has 2 rings (SSSR count). The van der Waals surface area contributed by atoms with E-state index < -0.39 is 23.4 Å². The van der Waals surface area contributed by atoms with Crippen molar-refractivity contribution in [3.8, 4) is 0 Å². The standard InChI is InChI=1S/C12H6ClF3N2O/c13-10-2-1-7(5-17-10)18-12(19)6-3-8(14)11(16)9(15)4-6/h1-5H,(H,18,19). The van der Waals surface area contributed by atoms with E-state index in [0.717, 1.165) is 0 Å². The van der Waals surface area contributed by atoms with Gasteiger partial charge in [0.2, 0.25) is 0 Å². The van der Waals surface area contributed by atoms with Crippen LogP contribution in [0, 0.1) is 17.5 Å². The fourth-order valence-corrected chi connectivity index (χ4v) is 1.45. The Balaban J connectivity index is 2.23. The second-order valence-electron chi connectivity index (χ2n) is 3.58. The first-order valence-electron chi connectivity index (χ1n) is 5.05. The number of anilines is 1. The number of carbonyl (C=O) groups excluding carboxylic acids is 1. The van der Waals surface area contributed by atoms with Gasteiger partial charge in [-0.1, -0.05) is 11.6 Å². The number of amides is 1. The summed E-state index contributed by atoms with van der Waals surface area (Å²) in [6.45, 7) is 0. The first kappa shape index (κ1) is 13.4. The molecule has 0 unspecified atom stereocenters. The molecule has 0 aliphatic carbocycles. The molecule has 2 aromatic rings. The molecule has 0 aliphatic heterocycles. The molecular formula is C12H6ClF3N2O. The van der Waals surface area contributed by atoms with E-state index in [-0.39, 0.29) is 10.7 Å². The van der Waals surface area contributed by atoms with E-state index in [1.54, 1.807) is 0 Å². The molecule has 0 radical (unpaired) electrons. The van der Waals surface area contributed by atoms with E-state index in [9.17, 15) is 18.0 Å². The molecule has 0 atom stereocenters. The van der Waals surface area contributed by atoms with Crippen LogP contribution in [0.1, 0.15) is 10.4 Å². The highest BCUT2D eigenvalue weighted by molar-refractivity contribution is 6.29. The van der Waals surface area contributed by atoms with Gasteiger partial charge in [0.05, 0.1) is 11.9 Å². The fraction of sp³-hybridized carbons (Fsp3) is 0. The van der Waals surface area contributed by atoms with Crippen LogP contribution >= 0.6 is 11.6 Å². The summed E-state index contributed by atoms with van der Waals surface area (Å²) in [6.07, 6.45) is 1.27. The van der Waals surface area contributed by atoms with Crippen molar-refractivity contribution in [1.82, 2.24) is 4.98 Å². The van der Waals surface area contributed by atoms with E-state index in [2.05, 4.69) is 10.3 Å². The SMILES string of the molecule is O=C(Nc1ccc(Cl)nc1)c1cc(F)c(F)c(F)c1. The van der Waals surface area contributed by atoms with Crippen LogP contribution in [0.25, 0.3) is 0 Å². The van der Waals surface area contributed by atoms with Crippen LogP contribution < -0.4 is 5.32 Å². The van der Waals surface area contributed by atoms with Gasteiger partial charge in [0, 0.05) is 5.56 Å². The van der Waals surface area contributed by atoms with Crippen LogP contribution in [0.2, 0.25) is 5.15 Å². The van der Waals surface area contributed by atoms with Gasteiger partial charge in [0.25, 0.3) is 5.91 Å². The lowest BCUT2D eigenvalue weighted by molar-refractivity contribution is 0.102. The normalized spacial score (nSPS) is 10.3. The quantitative estimate of drug-likeness (QED) is 0.679.